The third-order valence-electron chi connectivity index (χ3n) is 7.18. The Bertz CT molecular complexity index is 1330. The fourth-order valence-electron chi connectivity index (χ4n) is 5.17. The average molecular weight is 639 g/mol. The maximum atomic E-state index is 2.54. The molecule has 2 heteroatoms. The van der Waals surface area contributed by atoms with Crippen LogP contribution in [0.2, 0.25) is 0 Å². The third-order valence-corrected chi connectivity index (χ3v) is 13.0. The molecule has 4 aromatic carbocycles. The molecule has 0 heterocycles. The normalized spacial score (nSPS) is 13.1. The van der Waals surface area contributed by atoms with E-state index in [2.05, 4.69) is 108 Å². The predicted octanol–water partition coefficient (Wildman–Crippen LogP) is 5.62. The molecule has 180 valence electrons. The first-order chi connectivity index (χ1) is 16.8. The molecule has 1 aliphatic carbocycles. The van der Waals surface area contributed by atoms with Crippen LogP contribution in [-0.2, 0) is 12.8 Å². The van der Waals surface area contributed by atoms with Crippen molar-refractivity contribution in [1.29, 1.82) is 0 Å². The molecule has 0 saturated heterocycles. The Balaban J connectivity index is 1.71. The van der Waals surface area contributed by atoms with Crippen LogP contribution in [0.25, 0.3) is 10.8 Å². The van der Waals surface area contributed by atoms with Crippen molar-refractivity contribution in [2.45, 2.75) is 72.1 Å². The van der Waals surface area contributed by atoms with Gasteiger partial charge < -0.3 is 0 Å². The van der Waals surface area contributed by atoms with E-state index in [0.717, 1.165) is 0 Å². The van der Waals surface area contributed by atoms with Gasteiger partial charge in [0.2, 0.25) is 0 Å². The molecule has 0 N–H and O–H groups in total. The van der Waals surface area contributed by atoms with Gasteiger partial charge in [0.1, 0.15) is 0 Å². The zero-order valence-corrected chi connectivity index (χ0v) is 25.9. The second kappa shape index (κ2) is 10.4. The van der Waals surface area contributed by atoms with Gasteiger partial charge in [-0.25, -0.2) is 0 Å². The van der Waals surface area contributed by atoms with E-state index in [4.69, 9.17) is 0 Å². The van der Waals surface area contributed by atoms with Crippen LogP contribution in [0.4, 0.5) is 0 Å². The van der Waals surface area contributed by atoms with Gasteiger partial charge in [0.15, 0.2) is 0 Å². The summed E-state index contributed by atoms with van der Waals surface area (Å²) in [5.41, 5.74) is 7.84. The van der Waals surface area contributed by atoms with Gasteiger partial charge in [0.25, 0.3) is 0 Å². The van der Waals surface area contributed by atoms with Gasteiger partial charge in [-0.15, -0.1) is 0 Å². The molecular formula is C33H36SeTe. The Morgan fingerprint density at radius 1 is 0.657 bits per heavy atom. The topological polar surface area (TPSA) is 0 Å². The minimum absolute atomic E-state index is 0.325. The van der Waals surface area contributed by atoms with Crippen molar-refractivity contribution in [2.75, 3.05) is 0 Å². The monoisotopic (exact) mass is 642 g/mol. The molecule has 35 heavy (non-hydrogen) atoms. The van der Waals surface area contributed by atoms with E-state index in [0.29, 0.717) is 32.7 Å². The van der Waals surface area contributed by atoms with Crippen LogP contribution in [0.1, 0.15) is 87.1 Å². The van der Waals surface area contributed by atoms with Crippen molar-refractivity contribution in [3.8, 4) is 0 Å². The molecule has 0 fully saturated rings. The Kier molecular flexibility index (Phi) is 7.49. The van der Waals surface area contributed by atoms with Crippen molar-refractivity contribution >= 4 is 62.8 Å². The van der Waals surface area contributed by atoms with Crippen molar-refractivity contribution in [2.24, 2.45) is 0 Å². The zero-order chi connectivity index (χ0) is 24.7. The average Bonchev–Trinajstić information content (AvgIpc) is 3.26. The van der Waals surface area contributed by atoms with Gasteiger partial charge >= 0.3 is 229 Å². The minimum atomic E-state index is -0.538. The van der Waals surface area contributed by atoms with Crippen molar-refractivity contribution < 1.29 is 0 Å². The summed E-state index contributed by atoms with van der Waals surface area (Å²) in [6, 6.07) is 26.1. The molecule has 0 saturated carbocycles. The number of hydrogen-bond donors (Lipinski definition) is 0. The van der Waals surface area contributed by atoms with E-state index in [1.54, 1.807) is 44.7 Å². The Morgan fingerprint density at radius 3 is 1.83 bits per heavy atom. The van der Waals surface area contributed by atoms with E-state index in [1.807, 2.05) is 0 Å². The van der Waals surface area contributed by atoms with E-state index in [1.165, 1.54) is 22.9 Å². The third kappa shape index (κ3) is 5.02. The van der Waals surface area contributed by atoms with Crippen LogP contribution in [0.5, 0.6) is 0 Å². The zero-order valence-electron chi connectivity index (χ0n) is 21.8. The van der Waals surface area contributed by atoms with Crippen LogP contribution in [0, 0.1) is 0 Å². The van der Waals surface area contributed by atoms with E-state index < -0.39 is 20.9 Å². The van der Waals surface area contributed by atoms with Gasteiger partial charge in [-0.05, 0) is 0 Å². The van der Waals surface area contributed by atoms with Crippen LogP contribution in [-0.4, -0.2) is 35.9 Å². The van der Waals surface area contributed by atoms with Gasteiger partial charge in [0, 0.05) is 0 Å². The summed E-state index contributed by atoms with van der Waals surface area (Å²) in [6.07, 6.45) is 2.40. The maximum absolute atomic E-state index is 2.54. The first-order valence-corrected chi connectivity index (χ1v) is 17.0. The Labute approximate surface area is 228 Å². The molecule has 0 amide bonds. The molecular weight excluding hydrogens is 603 g/mol. The van der Waals surface area contributed by atoms with Crippen molar-refractivity contribution in [1.82, 2.24) is 0 Å². The molecule has 5 rings (SSSR count). The first-order valence-electron chi connectivity index (χ1n) is 13.0. The summed E-state index contributed by atoms with van der Waals surface area (Å²) in [7, 11) is 0. The number of aryl methyl sites for hydroxylation is 2. The standard InChI is InChI=1S/C33H36SeTe/c1-20(2)25-18-27(21(3)4)33(28(19-25)22(5)6)35-30-17-15-24-13-12-23-14-16-29(32(30)31(23)24)34-26-10-8-7-9-11-26/h7-11,14-22H,12-13H2,1-6H3. The van der Waals surface area contributed by atoms with Gasteiger partial charge in [0.05, 0.1) is 0 Å². The molecule has 0 aliphatic heterocycles. The quantitative estimate of drug-likeness (QED) is 0.231. The summed E-state index contributed by atoms with van der Waals surface area (Å²) < 4.78 is 6.38. The summed E-state index contributed by atoms with van der Waals surface area (Å²) in [5, 5.41) is 3.21. The summed E-state index contributed by atoms with van der Waals surface area (Å²) in [5.74, 6) is 1.67. The molecule has 0 bridgehead atoms. The van der Waals surface area contributed by atoms with Crippen molar-refractivity contribution in [3.63, 3.8) is 0 Å². The van der Waals surface area contributed by atoms with Gasteiger partial charge in [-0.1, -0.05) is 0 Å². The second-order valence-corrected chi connectivity index (χ2v) is 16.0. The van der Waals surface area contributed by atoms with E-state index in [-0.39, 0.29) is 0 Å². The fraction of sp³-hybridized carbons (Fsp3) is 0.333. The van der Waals surface area contributed by atoms with Crippen LogP contribution >= 0.6 is 0 Å². The SMILES string of the molecule is CC(C)c1cc(C(C)C)c([Te]c2ccc3c4c(ccc([Se]c5ccccc5)c24)CC3)c(C(C)C)c1. The first kappa shape index (κ1) is 25.1. The summed E-state index contributed by atoms with van der Waals surface area (Å²) in [4.78, 5) is 0. The van der Waals surface area contributed by atoms with Gasteiger partial charge in [-0.2, -0.15) is 0 Å². The van der Waals surface area contributed by atoms with Gasteiger partial charge in [-0.3, -0.25) is 0 Å². The van der Waals surface area contributed by atoms with Crippen LogP contribution < -0.4 is 16.1 Å². The second-order valence-electron chi connectivity index (χ2n) is 10.7. The molecule has 0 nitrogen and oxygen atoms in total. The molecule has 0 radical (unpaired) electrons. The van der Waals surface area contributed by atoms with Crippen molar-refractivity contribution in [3.05, 3.63) is 94.5 Å². The molecule has 0 unspecified atom stereocenters. The Hall–Kier alpha value is -1.55. The van der Waals surface area contributed by atoms with Crippen LogP contribution in [0.3, 0.4) is 0 Å². The summed E-state index contributed by atoms with van der Waals surface area (Å²) in [6.45, 7) is 14.2. The predicted molar refractivity (Wildman–Crippen MR) is 157 cm³/mol. The fourth-order valence-corrected chi connectivity index (χ4v) is 12.0. The Morgan fingerprint density at radius 2 is 1.26 bits per heavy atom. The molecule has 4 aromatic rings. The molecule has 0 aromatic heterocycles. The number of benzene rings is 4. The van der Waals surface area contributed by atoms with E-state index >= 15 is 0 Å². The summed E-state index contributed by atoms with van der Waals surface area (Å²) >= 11 is -0.212. The molecule has 0 spiro atoms. The number of rotatable bonds is 7. The molecule has 0 atom stereocenters. The molecule has 1 aliphatic rings. The van der Waals surface area contributed by atoms with Crippen LogP contribution in [0.15, 0.2) is 66.7 Å². The van der Waals surface area contributed by atoms with E-state index in [9.17, 15) is 0 Å². The number of hydrogen-bond acceptors (Lipinski definition) is 0.